The van der Waals surface area contributed by atoms with Crippen LogP contribution in [-0.2, 0) is 29.2 Å². The highest BCUT2D eigenvalue weighted by Crippen LogP contribution is 2.42. The number of halogens is 7. The van der Waals surface area contributed by atoms with Crippen LogP contribution in [0.15, 0.2) is 12.7 Å². The monoisotopic (exact) mass is 505 g/mol. The van der Waals surface area contributed by atoms with Crippen LogP contribution in [-0.4, -0.2) is 72.1 Å². The van der Waals surface area contributed by atoms with Gasteiger partial charge in [0.1, 0.15) is 0 Å². The number of alkyl halides is 7. The van der Waals surface area contributed by atoms with Crippen LogP contribution >= 0.6 is 0 Å². The highest BCUT2D eigenvalue weighted by Gasteiger charge is 2.68. The van der Waals surface area contributed by atoms with Crippen LogP contribution in [0.1, 0.15) is 33.6 Å². The van der Waals surface area contributed by atoms with Crippen molar-refractivity contribution in [2.75, 3.05) is 13.2 Å². The molecule has 0 heterocycles. The Labute approximate surface area is 179 Å². The van der Waals surface area contributed by atoms with Gasteiger partial charge in [0.05, 0.1) is 6.61 Å². The van der Waals surface area contributed by atoms with Gasteiger partial charge in [0.15, 0.2) is 0 Å². The number of ether oxygens (including phenoxy) is 2. The minimum atomic E-state index is -6.55. The number of hydrogen-bond acceptors (Lipinski definition) is 6. The number of amides is 1. The molecule has 0 saturated carbocycles. The van der Waals surface area contributed by atoms with Crippen molar-refractivity contribution in [3.05, 3.63) is 12.7 Å². The molecular weight excluding hydrogens is 483 g/mol. The van der Waals surface area contributed by atoms with E-state index in [1.54, 1.807) is 0 Å². The van der Waals surface area contributed by atoms with Crippen molar-refractivity contribution in [2.24, 2.45) is 0 Å². The lowest BCUT2D eigenvalue weighted by Crippen LogP contribution is -2.63. The number of esters is 1. The molecule has 1 N–H and O–H groups in total. The number of likely N-dealkylation sites (N-methyl/N-ethyl adjacent to an activating group) is 1. The molecule has 0 aromatic carbocycles. The van der Waals surface area contributed by atoms with Gasteiger partial charge in [0.2, 0.25) is 0 Å². The zero-order valence-electron chi connectivity index (χ0n) is 17.1. The maximum Gasteiger partial charge on any atom is 0.466 e. The summed E-state index contributed by atoms with van der Waals surface area (Å²) in [7, 11) is -6.55. The van der Waals surface area contributed by atoms with Crippen LogP contribution in [0.4, 0.5) is 30.7 Å². The van der Waals surface area contributed by atoms with Gasteiger partial charge in [-0.25, -0.2) is 4.79 Å². The number of nitrogens with zero attached hydrogens (tertiary/aromatic N) is 1. The summed E-state index contributed by atoms with van der Waals surface area (Å²) in [6, 6.07) is -0.863. The maximum atomic E-state index is 13.8. The molecule has 0 bridgehead atoms. The van der Waals surface area contributed by atoms with Crippen LogP contribution in [0.5, 0.6) is 0 Å². The van der Waals surface area contributed by atoms with Crippen molar-refractivity contribution in [3.63, 3.8) is 0 Å². The summed E-state index contributed by atoms with van der Waals surface area (Å²) in [4.78, 5) is 24.7. The van der Waals surface area contributed by atoms with E-state index in [1.165, 1.54) is 20.8 Å². The van der Waals surface area contributed by atoms with Crippen molar-refractivity contribution in [1.29, 1.82) is 0 Å². The number of hydrogen-bond donors (Lipinski definition) is 1. The number of carbonyl (C=O) groups excluding carboxylic acids is 2. The van der Waals surface area contributed by atoms with Crippen molar-refractivity contribution >= 4 is 22.0 Å². The van der Waals surface area contributed by atoms with Gasteiger partial charge in [-0.05, 0) is 27.2 Å². The zero-order chi connectivity index (χ0) is 25.8. The summed E-state index contributed by atoms with van der Waals surface area (Å²) in [6.07, 6.45) is -8.91. The van der Waals surface area contributed by atoms with E-state index in [-0.39, 0.29) is 12.6 Å². The standard InChI is InChI=1S/C16H22F7NO7S/c1-5-11(25)31-14(15(19,20)21,12(26)24(6-2)10(3)4)30-9-7-8-13(17,18)16(22,23)32(27,28)29/h5,10H,1,6-9H2,2-4H3,(H,27,28,29). The summed E-state index contributed by atoms with van der Waals surface area (Å²) in [6.45, 7) is 4.98. The van der Waals surface area contributed by atoms with Crippen LogP contribution in [0.3, 0.4) is 0 Å². The second-order valence-electron chi connectivity index (χ2n) is 6.57. The van der Waals surface area contributed by atoms with Crippen LogP contribution in [0, 0.1) is 0 Å². The lowest BCUT2D eigenvalue weighted by molar-refractivity contribution is -0.351. The largest absolute Gasteiger partial charge is 0.466 e. The normalized spacial score (nSPS) is 15.2. The van der Waals surface area contributed by atoms with Crippen molar-refractivity contribution < 1.29 is 62.8 Å². The molecule has 1 atom stereocenters. The van der Waals surface area contributed by atoms with Gasteiger partial charge in [-0.2, -0.15) is 39.2 Å². The Kier molecular flexibility index (Phi) is 9.71. The Hall–Kier alpha value is -1.94. The van der Waals surface area contributed by atoms with Crippen LogP contribution in [0.25, 0.3) is 0 Å². The Balaban J connectivity index is 5.95. The van der Waals surface area contributed by atoms with Gasteiger partial charge in [0.25, 0.3) is 0 Å². The Morgan fingerprint density at radius 1 is 1.12 bits per heavy atom. The van der Waals surface area contributed by atoms with E-state index >= 15 is 0 Å². The van der Waals surface area contributed by atoms with Crippen molar-refractivity contribution in [2.45, 2.75) is 62.8 Å². The molecule has 0 spiro atoms. The topological polar surface area (TPSA) is 110 Å². The molecule has 0 saturated heterocycles. The summed E-state index contributed by atoms with van der Waals surface area (Å²) < 4.78 is 133. The van der Waals surface area contributed by atoms with Gasteiger partial charge < -0.3 is 14.4 Å². The van der Waals surface area contributed by atoms with E-state index in [0.717, 1.165) is 0 Å². The second kappa shape index (κ2) is 10.3. The molecule has 188 valence electrons. The molecule has 0 radical (unpaired) electrons. The molecule has 0 aromatic heterocycles. The molecule has 1 unspecified atom stereocenters. The molecule has 16 heteroatoms. The van der Waals surface area contributed by atoms with Gasteiger partial charge in [-0.3, -0.25) is 9.35 Å². The molecule has 1 amide bonds. The SMILES string of the molecule is C=CC(=O)OC(OCCCC(F)(F)C(F)(F)S(=O)(=O)O)(C(=O)N(CC)C(C)C)C(F)(F)F. The third kappa shape index (κ3) is 6.31. The third-order valence-electron chi connectivity index (χ3n) is 3.98. The summed E-state index contributed by atoms with van der Waals surface area (Å²) >= 11 is 0. The lowest BCUT2D eigenvalue weighted by atomic mass is 10.1. The first-order valence-electron chi connectivity index (χ1n) is 8.81. The quantitative estimate of drug-likeness (QED) is 0.108. The molecule has 8 nitrogen and oxygen atoms in total. The minimum absolute atomic E-state index is 0.267. The average molecular weight is 505 g/mol. The fourth-order valence-corrected chi connectivity index (χ4v) is 2.84. The zero-order valence-corrected chi connectivity index (χ0v) is 17.9. The molecule has 0 aromatic rings. The van der Waals surface area contributed by atoms with E-state index in [9.17, 15) is 48.7 Å². The summed E-state index contributed by atoms with van der Waals surface area (Å²) in [5, 5.41) is -5.94. The van der Waals surface area contributed by atoms with E-state index in [4.69, 9.17) is 4.55 Å². The lowest BCUT2D eigenvalue weighted by Gasteiger charge is -2.38. The molecule has 0 aliphatic rings. The first-order chi connectivity index (χ1) is 14.2. The van der Waals surface area contributed by atoms with Gasteiger partial charge in [-0.1, -0.05) is 6.58 Å². The predicted octanol–water partition coefficient (Wildman–Crippen LogP) is 3.14. The van der Waals surface area contributed by atoms with E-state index in [1.807, 2.05) is 0 Å². The highest BCUT2D eigenvalue weighted by atomic mass is 32.2. The second-order valence-corrected chi connectivity index (χ2v) is 8.04. The molecule has 0 aliphatic carbocycles. The summed E-state index contributed by atoms with van der Waals surface area (Å²) in [5.41, 5.74) is 0. The Morgan fingerprint density at radius 3 is 1.97 bits per heavy atom. The van der Waals surface area contributed by atoms with Gasteiger partial charge >= 0.3 is 45.1 Å². The van der Waals surface area contributed by atoms with Crippen LogP contribution in [0.2, 0.25) is 0 Å². The molecule has 32 heavy (non-hydrogen) atoms. The fraction of sp³-hybridized carbons (Fsp3) is 0.750. The minimum Gasteiger partial charge on any atom is -0.412 e. The average Bonchev–Trinajstić information content (AvgIpc) is 2.61. The third-order valence-corrected chi connectivity index (χ3v) is 4.93. The van der Waals surface area contributed by atoms with Crippen LogP contribution < -0.4 is 0 Å². The number of rotatable bonds is 12. The summed E-state index contributed by atoms with van der Waals surface area (Å²) in [5.74, 6) is -13.4. The first-order valence-corrected chi connectivity index (χ1v) is 10.3. The Morgan fingerprint density at radius 2 is 1.62 bits per heavy atom. The van der Waals surface area contributed by atoms with E-state index in [0.29, 0.717) is 4.90 Å². The van der Waals surface area contributed by atoms with Crippen molar-refractivity contribution in [3.8, 4) is 0 Å². The van der Waals surface area contributed by atoms with E-state index in [2.05, 4.69) is 16.1 Å². The highest BCUT2D eigenvalue weighted by molar-refractivity contribution is 7.87. The predicted molar refractivity (Wildman–Crippen MR) is 94.2 cm³/mol. The number of carbonyl (C=O) groups is 2. The van der Waals surface area contributed by atoms with Gasteiger partial charge in [0, 0.05) is 25.1 Å². The smallest absolute Gasteiger partial charge is 0.412 e. The molecule has 0 aliphatic heterocycles. The first kappa shape index (κ1) is 30.1. The molecule has 0 fully saturated rings. The van der Waals surface area contributed by atoms with Gasteiger partial charge in [-0.15, -0.1) is 0 Å². The molecule has 0 rings (SSSR count). The fourth-order valence-electron chi connectivity index (χ4n) is 2.36. The van der Waals surface area contributed by atoms with E-state index < -0.39 is 70.6 Å². The molecular formula is C16H22F7NO7S. The maximum absolute atomic E-state index is 13.8. The van der Waals surface area contributed by atoms with Crippen molar-refractivity contribution in [1.82, 2.24) is 4.90 Å². The Bertz CT molecular complexity index is 799.